The van der Waals surface area contributed by atoms with Crippen molar-refractivity contribution in [3.63, 3.8) is 0 Å². The van der Waals surface area contributed by atoms with Crippen LogP contribution >= 0.6 is 0 Å². The molecule has 28 heavy (non-hydrogen) atoms. The van der Waals surface area contributed by atoms with Crippen LogP contribution in [0.4, 0.5) is 15.0 Å². The zero-order valence-corrected chi connectivity index (χ0v) is 15.7. The molecular formula is C20H23FN6O. The molecule has 0 bridgehead atoms. The highest BCUT2D eigenvalue weighted by atomic mass is 19.1. The van der Waals surface area contributed by atoms with Gasteiger partial charge in [-0.1, -0.05) is 0 Å². The van der Waals surface area contributed by atoms with Gasteiger partial charge in [0.25, 0.3) is 0 Å². The molecule has 2 atom stereocenters. The van der Waals surface area contributed by atoms with E-state index in [1.807, 2.05) is 42.3 Å². The van der Waals surface area contributed by atoms with Crippen LogP contribution in [0.25, 0.3) is 5.70 Å². The van der Waals surface area contributed by atoms with Gasteiger partial charge in [0.1, 0.15) is 12.0 Å². The number of dihydropyridines is 1. The van der Waals surface area contributed by atoms with Crippen molar-refractivity contribution >= 4 is 23.3 Å². The molecular weight excluding hydrogens is 359 g/mol. The first-order valence-corrected chi connectivity index (χ1v) is 9.36. The van der Waals surface area contributed by atoms with Crippen LogP contribution < -0.4 is 16.0 Å². The number of urea groups is 1. The molecule has 0 radical (unpaired) electrons. The number of aliphatic imine (C=N–C) groups is 1. The van der Waals surface area contributed by atoms with Gasteiger partial charge in [-0.2, -0.15) is 4.99 Å². The van der Waals surface area contributed by atoms with Crippen molar-refractivity contribution in [1.82, 2.24) is 15.2 Å². The molecule has 1 fully saturated rings. The van der Waals surface area contributed by atoms with Crippen molar-refractivity contribution in [2.45, 2.75) is 25.6 Å². The number of aromatic nitrogens is 1. The quantitative estimate of drug-likeness (QED) is 0.834. The minimum absolute atomic E-state index is 0.158. The molecule has 4 heterocycles. The molecule has 146 valence electrons. The lowest BCUT2D eigenvalue weighted by Gasteiger charge is -2.21. The maximum Gasteiger partial charge on any atom is 0.348 e. The number of carbonyl (C=O) groups is 1. The van der Waals surface area contributed by atoms with Crippen LogP contribution in [-0.4, -0.2) is 53.5 Å². The van der Waals surface area contributed by atoms with Crippen LogP contribution in [0.2, 0.25) is 0 Å². The Morgan fingerprint density at radius 2 is 2.29 bits per heavy atom. The third kappa shape index (κ3) is 3.76. The van der Waals surface area contributed by atoms with E-state index in [-0.39, 0.29) is 12.1 Å². The number of amides is 2. The van der Waals surface area contributed by atoms with Crippen LogP contribution in [0.5, 0.6) is 0 Å². The van der Waals surface area contributed by atoms with Crippen molar-refractivity contribution in [2.24, 2.45) is 10.7 Å². The lowest BCUT2D eigenvalue weighted by Crippen LogP contribution is -2.30. The molecule has 3 N–H and O–H groups in total. The van der Waals surface area contributed by atoms with Gasteiger partial charge < -0.3 is 16.0 Å². The summed E-state index contributed by atoms with van der Waals surface area (Å²) < 4.78 is 13.4. The van der Waals surface area contributed by atoms with E-state index in [0.29, 0.717) is 37.5 Å². The Bertz CT molecular complexity index is 888. The van der Waals surface area contributed by atoms with Gasteiger partial charge in [-0.25, -0.2) is 14.2 Å². The highest BCUT2D eigenvalue weighted by Gasteiger charge is 2.26. The summed E-state index contributed by atoms with van der Waals surface area (Å²) in [6, 6.07) is 3.56. The number of anilines is 1. The van der Waals surface area contributed by atoms with Gasteiger partial charge >= 0.3 is 6.03 Å². The van der Waals surface area contributed by atoms with E-state index < -0.39 is 6.17 Å². The maximum absolute atomic E-state index is 13.4. The van der Waals surface area contributed by atoms with Crippen molar-refractivity contribution in [2.75, 3.05) is 24.5 Å². The fourth-order valence-corrected chi connectivity index (χ4v) is 3.49. The van der Waals surface area contributed by atoms with Crippen molar-refractivity contribution in [1.29, 1.82) is 0 Å². The van der Waals surface area contributed by atoms with Crippen LogP contribution in [0.3, 0.4) is 0 Å². The van der Waals surface area contributed by atoms with Crippen LogP contribution in [0.15, 0.2) is 53.4 Å². The normalized spacial score (nSPS) is 25.1. The number of rotatable bonds is 4. The first kappa shape index (κ1) is 18.2. The zero-order valence-electron chi connectivity index (χ0n) is 15.7. The van der Waals surface area contributed by atoms with Crippen LogP contribution in [0, 0.1) is 0 Å². The smallest absolute Gasteiger partial charge is 0.348 e. The van der Waals surface area contributed by atoms with Gasteiger partial charge in [-0.3, -0.25) is 4.90 Å². The molecule has 1 unspecified atom stereocenters. The van der Waals surface area contributed by atoms with E-state index in [1.54, 1.807) is 17.2 Å². The minimum Gasteiger partial charge on any atom is -0.398 e. The fourth-order valence-electron chi connectivity index (χ4n) is 3.49. The lowest BCUT2D eigenvalue weighted by molar-refractivity contribution is 0.230. The molecule has 8 heteroatoms. The van der Waals surface area contributed by atoms with Gasteiger partial charge in [-0.15, -0.1) is 0 Å². The van der Waals surface area contributed by atoms with E-state index in [4.69, 9.17) is 5.73 Å². The fraction of sp³-hybridized carbons (Fsp3) is 0.350. The Kier molecular flexibility index (Phi) is 4.85. The SMILES string of the molecule is CC1C=C(N2CC(C=C(N)c3ccc(N4CC[C@H](F)C4)nc3)=NC2=O)C=CN1. The summed E-state index contributed by atoms with van der Waals surface area (Å²) in [6.07, 6.45) is 8.78. The second kappa shape index (κ2) is 7.46. The summed E-state index contributed by atoms with van der Waals surface area (Å²) in [5.41, 5.74) is 8.84. The second-order valence-electron chi connectivity index (χ2n) is 7.19. The van der Waals surface area contributed by atoms with Gasteiger partial charge in [0.05, 0.1) is 18.8 Å². The summed E-state index contributed by atoms with van der Waals surface area (Å²) in [6.45, 7) is 3.44. The molecule has 1 saturated heterocycles. The zero-order chi connectivity index (χ0) is 19.7. The van der Waals surface area contributed by atoms with E-state index >= 15 is 0 Å². The molecule has 0 saturated carbocycles. The van der Waals surface area contributed by atoms with E-state index in [1.165, 1.54) is 0 Å². The molecule has 7 nitrogen and oxygen atoms in total. The summed E-state index contributed by atoms with van der Waals surface area (Å²) >= 11 is 0. The summed E-state index contributed by atoms with van der Waals surface area (Å²) in [5.74, 6) is 0.745. The Balaban J connectivity index is 1.45. The highest BCUT2D eigenvalue weighted by Crippen LogP contribution is 2.22. The summed E-state index contributed by atoms with van der Waals surface area (Å²) in [4.78, 5) is 24.3. The number of hydrogen-bond acceptors (Lipinski definition) is 5. The minimum atomic E-state index is -0.791. The van der Waals surface area contributed by atoms with Crippen LogP contribution in [0.1, 0.15) is 18.9 Å². The van der Waals surface area contributed by atoms with Gasteiger partial charge in [0.15, 0.2) is 0 Å². The van der Waals surface area contributed by atoms with Gasteiger partial charge in [0.2, 0.25) is 0 Å². The van der Waals surface area contributed by atoms with E-state index in [2.05, 4.69) is 15.3 Å². The number of alkyl halides is 1. The molecule has 4 rings (SSSR count). The molecule has 2 amide bonds. The molecule has 3 aliphatic heterocycles. The number of allylic oxidation sites excluding steroid dienone is 1. The predicted octanol–water partition coefficient (Wildman–Crippen LogP) is 2.20. The third-order valence-corrected chi connectivity index (χ3v) is 4.99. The topological polar surface area (TPSA) is 86.8 Å². The van der Waals surface area contributed by atoms with Gasteiger partial charge in [-0.05, 0) is 49.9 Å². The first-order valence-electron chi connectivity index (χ1n) is 9.36. The number of carbonyl (C=O) groups excluding carboxylic acids is 1. The molecule has 1 aromatic rings. The van der Waals surface area contributed by atoms with Crippen molar-refractivity contribution < 1.29 is 9.18 Å². The molecule has 3 aliphatic rings. The van der Waals surface area contributed by atoms with Crippen molar-refractivity contribution in [3.8, 4) is 0 Å². The van der Waals surface area contributed by atoms with E-state index in [0.717, 1.165) is 17.1 Å². The Labute approximate surface area is 163 Å². The number of pyridine rings is 1. The van der Waals surface area contributed by atoms with Gasteiger partial charge in [0, 0.05) is 35.7 Å². The number of hydrogen-bond donors (Lipinski definition) is 2. The second-order valence-corrected chi connectivity index (χ2v) is 7.19. The van der Waals surface area contributed by atoms with Crippen LogP contribution in [-0.2, 0) is 0 Å². The Morgan fingerprint density at radius 3 is 2.96 bits per heavy atom. The monoisotopic (exact) mass is 382 g/mol. The van der Waals surface area contributed by atoms with E-state index in [9.17, 15) is 9.18 Å². The average Bonchev–Trinajstić information content (AvgIpc) is 3.27. The number of halogens is 1. The molecule has 0 aliphatic carbocycles. The summed E-state index contributed by atoms with van der Waals surface area (Å²) in [5, 5.41) is 3.15. The predicted molar refractivity (Wildman–Crippen MR) is 107 cm³/mol. The lowest BCUT2D eigenvalue weighted by atomic mass is 10.1. The Hall–Kier alpha value is -3.16. The average molecular weight is 382 g/mol. The van der Waals surface area contributed by atoms with Crippen molar-refractivity contribution in [3.05, 3.63) is 54.0 Å². The standard InChI is InChI=1S/C20H23FN6O/c1-13-8-17(4-6-23-13)27-12-16(25-20(27)28)9-18(22)14-2-3-19(24-10-14)26-7-5-15(21)11-26/h2-4,6,8-10,13,15,23H,5,7,11-12,22H2,1H3/t13?,15-/m0/s1. The Morgan fingerprint density at radius 1 is 1.43 bits per heavy atom. The number of nitrogens with one attached hydrogen (secondary N) is 1. The maximum atomic E-state index is 13.4. The number of nitrogens with two attached hydrogens (primary N) is 1. The number of nitrogens with zero attached hydrogens (tertiary/aromatic N) is 4. The summed E-state index contributed by atoms with van der Waals surface area (Å²) in [7, 11) is 0. The first-order chi connectivity index (χ1) is 13.5. The third-order valence-electron chi connectivity index (χ3n) is 4.99. The highest BCUT2D eigenvalue weighted by molar-refractivity contribution is 6.11. The molecule has 0 spiro atoms. The largest absolute Gasteiger partial charge is 0.398 e. The molecule has 0 aromatic carbocycles. The molecule has 1 aromatic heterocycles.